The highest BCUT2D eigenvalue weighted by Crippen LogP contribution is 2.53. The fourth-order valence-electron chi connectivity index (χ4n) is 2.25. The molecule has 0 heterocycles. The van der Waals surface area contributed by atoms with Crippen LogP contribution in [0.1, 0.15) is 66.7 Å². The summed E-state index contributed by atoms with van der Waals surface area (Å²) in [7, 11) is -1.91. The van der Waals surface area contributed by atoms with E-state index in [-0.39, 0.29) is 0 Å². The Morgan fingerprint density at radius 2 is 1.62 bits per heavy atom. The van der Waals surface area contributed by atoms with Gasteiger partial charge in [0.2, 0.25) is 0 Å². The van der Waals surface area contributed by atoms with Crippen LogP contribution in [-0.4, -0.2) is 18.0 Å². The van der Waals surface area contributed by atoms with Gasteiger partial charge in [-0.1, -0.05) is 53.9 Å². The van der Waals surface area contributed by atoms with Crippen LogP contribution in [0.2, 0.25) is 0 Å². The summed E-state index contributed by atoms with van der Waals surface area (Å²) in [6, 6.07) is 0. The average molecular weight is 246 g/mol. The normalized spacial score (nSPS) is 17.4. The van der Waals surface area contributed by atoms with Crippen LogP contribution in [0, 0.1) is 5.92 Å². The molecule has 0 aliphatic heterocycles. The van der Waals surface area contributed by atoms with Gasteiger partial charge in [0.15, 0.2) is 0 Å². The molecule has 98 valence electrons. The van der Waals surface area contributed by atoms with E-state index in [1.807, 2.05) is 0 Å². The molecule has 0 aliphatic rings. The molecule has 0 spiro atoms. The molecule has 1 nitrogen and oxygen atoms in total. The van der Waals surface area contributed by atoms with Crippen LogP contribution in [0.15, 0.2) is 0 Å². The molecule has 0 rings (SSSR count). The molecule has 0 amide bonds. The van der Waals surface area contributed by atoms with Crippen molar-refractivity contribution >= 4 is 7.14 Å². The van der Waals surface area contributed by atoms with Gasteiger partial charge in [-0.25, -0.2) is 0 Å². The second-order valence-electron chi connectivity index (χ2n) is 5.57. The Kier molecular flexibility index (Phi) is 8.46. The van der Waals surface area contributed by atoms with Gasteiger partial charge in [-0.05, 0) is 18.8 Å². The smallest absolute Gasteiger partial charge is 0.0906 e. The summed E-state index contributed by atoms with van der Waals surface area (Å²) in [6.07, 6.45) is 7.99. The van der Waals surface area contributed by atoms with Gasteiger partial charge in [0.05, 0.1) is 7.14 Å². The Bertz CT molecular complexity index is 211. The molecule has 2 heteroatoms. The van der Waals surface area contributed by atoms with Crippen LogP contribution in [0.25, 0.3) is 0 Å². The van der Waals surface area contributed by atoms with Crippen LogP contribution in [-0.2, 0) is 4.57 Å². The third-order valence-corrected chi connectivity index (χ3v) is 7.85. The highest BCUT2D eigenvalue weighted by molar-refractivity contribution is 7.64. The Hall–Kier alpha value is 0.230. The summed E-state index contributed by atoms with van der Waals surface area (Å²) in [5, 5.41) is 0. The van der Waals surface area contributed by atoms with Gasteiger partial charge in [-0.15, -0.1) is 0 Å². The van der Waals surface area contributed by atoms with Crippen molar-refractivity contribution in [3.8, 4) is 0 Å². The van der Waals surface area contributed by atoms with Gasteiger partial charge in [0.1, 0.15) is 0 Å². The molecule has 16 heavy (non-hydrogen) atoms. The summed E-state index contributed by atoms with van der Waals surface area (Å²) >= 11 is 0. The minimum absolute atomic E-state index is 0.427. The van der Waals surface area contributed by atoms with Crippen LogP contribution in [0.4, 0.5) is 0 Å². The highest BCUT2D eigenvalue weighted by Gasteiger charge is 2.28. The maximum absolute atomic E-state index is 12.9. The molecule has 0 N–H and O–H groups in total. The SMILES string of the molecule is CCCCCCP(=O)(CC(C)C)C(C)CC. The molecule has 0 aliphatic carbocycles. The minimum Gasteiger partial charge on any atom is -0.323 e. The fourth-order valence-corrected chi connectivity index (χ4v) is 5.89. The largest absolute Gasteiger partial charge is 0.323 e. The van der Waals surface area contributed by atoms with Crippen molar-refractivity contribution < 1.29 is 4.57 Å². The van der Waals surface area contributed by atoms with Crippen LogP contribution < -0.4 is 0 Å². The third-order valence-electron chi connectivity index (χ3n) is 3.46. The Morgan fingerprint density at radius 3 is 2.06 bits per heavy atom. The average Bonchev–Trinajstić information content (AvgIpc) is 2.22. The third kappa shape index (κ3) is 6.09. The summed E-state index contributed by atoms with van der Waals surface area (Å²) in [6.45, 7) is 11.0. The molecular formula is C14H31OP. The summed E-state index contributed by atoms with van der Waals surface area (Å²) in [5.41, 5.74) is 0.427. The quantitative estimate of drug-likeness (QED) is 0.394. The van der Waals surface area contributed by atoms with Gasteiger partial charge in [0.25, 0.3) is 0 Å². The van der Waals surface area contributed by atoms with Crippen molar-refractivity contribution in [3.63, 3.8) is 0 Å². The molecular weight excluding hydrogens is 215 g/mol. The van der Waals surface area contributed by atoms with Gasteiger partial charge in [-0.3, -0.25) is 0 Å². The van der Waals surface area contributed by atoms with E-state index in [9.17, 15) is 4.57 Å². The zero-order valence-corrected chi connectivity index (χ0v) is 12.9. The second-order valence-corrected chi connectivity index (χ2v) is 9.17. The van der Waals surface area contributed by atoms with E-state index >= 15 is 0 Å². The van der Waals surface area contributed by atoms with Crippen molar-refractivity contribution in [1.82, 2.24) is 0 Å². The van der Waals surface area contributed by atoms with Crippen LogP contribution in [0.3, 0.4) is 0 Å². The molecule has 0 radical (unpaired) electrons. The standard InChI is InChI=1S/C14H31OP/c1-6-8-9-10-11-16(15,12-13(3)4)14(5)7-2/h13-14H,6-12H2,1-5H3. The van der Waals surface area contributed by atoms with Crippen molar-refractivity contribution in [1.29, 1.82) is 0 Å². The maximum Gasteiger partial charge on any atom is 0.0906 e. The molecule has 0 saturated carbocycles. The fraction of sp³-hybridized carbons (Fsp3) is 1.00. The van der Waals surface area contributed by atoms with E-state index in [2.05, 4.69) is 34.6 Å². The highest BCUT2D eigenvalue weighted by atomic mass is 31.2. The monoisotopic (exact) mass is 246 g/mol. The Morgan fingerprint density at radius 1 is 1.00 bits per heavy atom. The molecule has 0 aromatic heterocycles. The molecule has 2 atom stereocenters. The van der Waals surface area contributed by atoms with Crippen LogP contribution >= 0.6 is 7.14 Å². The topological polar surface area (TPSA) is 17.1 Å². The zero-order chi connectivity index (χ0) is 12.6. The number of hydrogen-bond acceptors (Lipinski definition) is 1. The van der Waals surface area contributed by atoms with Crippen molar-refractivity contribution in [2.24, 2.45) is 5.92 Å². The van der Waals surface area contributed by atoms with Crippen LogP contribution in [0.5, 0.6) is 0 Å². The second kappa shape index (κ2) is 8.34. The van der Waals surface area contributed by atoms with E-state index in [0.29, 0.717) is 11.6 Å². The molecule has 2 unspecified atom stereocenters. The lowest BCUT2D eigenvalue weighted by atomic mass is 10.2. The minimum atomic E-state index is -1.91. The lowest BCUT2D eigenvalue weighted by Crippen LogP contribution is -2.12. The molecule has 0 saturated heterocycles. The number of unbranched alkanes of at least 4 members (excludes halogenated alkanes) is 3. The molecule has 0 aromatic carbocycles. The van der Waals surface area contributed by atoms with Gasteiger partial charge < -0.3 is 4.57 Å². The maximum atomic E-state index is 12.9. The van der Waals surface area contributed by atoms with Gasteiger partial charge >= 0.3 is 0 Å². The first-order valence-corrected chi connectivity index (χ1v) is 9.18. The van der Waals surface area contributed by atoms with Crippen molar-refractivity contribution in [3.05, 3.63) is 0 Å². The van der Waals surface area contributed by atoms with Gasteiger partial charge in [0, 0.05) is 18.0 Å². The van der Waals surface area contributed by atoms with E-state index in [1.165, 1.54) is 25.7 Å². The predicted molar refractivity (Wildman–Crippen MR) is 76.1 cm³/mol. The summed E-state index contributed by atoms with van der Waals surface area (Å²) in [5.74, 6) is 0.575. The van der Waals surface area contributed by atoms with E-state index < -0.39 is 7.14 Å². The van der Waals surface area contributed by atoms with E-state index in [4.69, 9.17) is 0 Å². The first kappa shape index (κ1) is 16.2. The molecule has 0 fully saturated rings. The number of rotatable bonds is 9. The van der Waals surface area contributed by atoms with Crippen molar-refractivity contribution in [2.45, 2.75) is 72.4 Å². The summed E-state index contributed by atoms with van der Waals surface area (Å²) in [4.78, 5) is 0. The summed E-state index contributed by atoms with van der Waals surface area (Å²) < 4.78 is 12.9. The predicted octanol–water partition coefficient (Wildman–Crippen LogP) is 5.38. The van der Waals surface area contributed by atoms with Gasteiger partial charge in [-0.2, -0.15) is 0 Å². The van der Waals surface area contributed by atoms with Crippen molar-refractivity contribution in [2.75, 3.05) is 12.3 Å². The van der Waals surface area contributed by atoms with E-state index in [1.54, 1.807) is 0 Å². The van der Waals surface area contributed by atoms with E-state index in [0.717, 1.165) is 18.7 Å². The first-order chi connectivity index (χ1) is 7.46. The first-order valence-electron chi connectivity index (χ1n) is 7.04. The molecule has 0 aromatic rings. The number of hydrogen-bond donors (Lipinski definition) is 0. The zero-order valence-electron chi connectivity index (χ0n) is 12.0. The Balaban J connectivity index is 4.25. The lowest BCUT2D eigenvalue weighted by Gasteiger charge is -2.26. The molecule has 0 bridgehead atoms. The lowest BCUT2D eigenvalue weighted by molar-refractivity contribution is 0.549. The Labute approximate surface area is 103 Å².